The molecular weight excluding hydrogens is 379 g/mol. The van der Waals surface area contributed by atoms with Crippen LogP contribution in [-0.4, -0.2) is 21.1 Å². The zero-order valence-corrected chi connectivity index (χ0v) is 16.2. The zero-order chi connectivity index (χ0) is 19.8. The second kappa shape index (κ2) is 7.10. The van der Waals surface area contributed by atoms with Crippen molar-refractivity contribution in [2.24, 2.45) is 0 Å². The first-order valence-electron chi connectivity index (χ1n) is 8.43. The van der Waals surface area contributed by atoms with Crippen molar-refractivity contribution in [2.45, 2.75) is 51.3 Å². The van der Waals surface area contributed by atoms with Crippen LogP contribution in [0.5, 0.6) is 5.75 Å². The molecule has 146 valence electrons. The molecule has 0 fully saturated rings. The summed E-state index contributed by atoms with van der Waals surface area (Å²) in [6.45, 7) is 7.81. The van der Waals surface area contributed by atoms with Crippen molar-refractivity contribution in [3.8, 4) is 17.1 Å². The van der Waals surface area contributed by atoms with Gasteiger partial charge in [0.05, 0.1) is 0 Å². The number of nitrogens with zero attached hydrogens (tertiary/aromatic N) is 2. The van der Waals surface area contributed by atoms with Gasteiger partial charge in [0, 0.05) is 11.8 Å². The van der Waals surface area contributed by atoms with Gasteiger partial charge in [0.2, 0.25) is 5.82 Å². The number of rotatable bonds is 5. The molecule has 2 atom stereocenters. The van der Waals surface area contributed by atoms with Gasteiger partial charge >= 0.3 is 12.1 Å². The van der Waals surface area contributed by atoms with Gasteiger partial charge in [-0.2, -0.15) is 18.2 Å². The van der Waals surface area contributed by atoms with Crippen molar-refractivity contribution >= 4 is 11.8 Å². The quantitative estimate of drug-likeness (QED) is 0.759. The van der Waals surface area contributed by atoms with E-state index in [-0.39, 0.29) is 16.8 Å². The van der Waals surface area contributed by atoms with Gasteiger partial charge in [-0.15, -0.1) is 11.8 Å². The van der Waals surface area contributed by atoms with Gasteiger partial charge in [0.1, 0.15) is 16.7 Å². The summed E-state index contributed by atoms with van der Waals surface area (Å²) in [6, 6.07) is 3.41. The van der Waals surface area contributed by atoms with Gasteiger partial charge in [0.15, 0.2) is 0 Å². The van der Waals surface area contributed by atoms with Gasteiger partial charge in [-0.25, -0.2) is 0 Å². The van der Waals surface area contributed by atoms with E-state index >= 15 is 0 Å². The van der Waals surface area contributed by atoms with E-state index in [9.17, 15) is 13.2 Å². The van der Waals surface area contributed by atoms with E-state index in [1.165, 1.54) is 0 Å². The highest BCUT2D eigenvalue weighted by Gasteiger charge is 2.39. The summed E-state index contributed by atoms with van der Waals surface area (Å²) in [7, 11) is 0. The number of alkyl halides is 3. The minimum atomic E-state index is -4.66. The van der Waals surface area contributed by atoms with Crippen LogP contribution in [0.1, 0.15) is 37.3 Å². The number of hydrogen-bond donors (Lipinski definition) is 1. The number of aryl methyl sites for hydroxylation is 2. The summed E-state index contributed by atoms with van der Waals surface area (Å²) < 4.78 is 48.6. The first-order valence-corrected chi connectivity index (χ1v) is 9.31. The molecule has 9 heteroatoms. The Balaban J connectivity index is 1.88. The van der Waals surface area contributed by atoms with Crippen LogP contribution in [0.15, 0.2) is 28.3 Å². The monoisotopic (exact) mass is 399 g/mol. The van der Waals surface area contributed by atoms with Crippen LogP contribution >= 0.6 is 11.8 Å². The number of nitrogens with one attached hydrogen (secondary N) is 1. The fourth-order valence-electron chi connectivity index (χ4n) is 3.03. The third kappa shape index (κ3) is 3.92. The molecule has 0 saturated heterocycles. The molecule has 1 aromatic carbocycles. The van der Waals surface area contributed by atoms with Gasteiger partial charge in [-0.1, -0.05) is 12.1 Å². The Bertz CT molecular complexity index is 833. The molecule has 1 aliphatic rings. The van der Waals surface area contributed by atoms with Crippen LogP contribution in [0.4, 0.5) is 13.2 Å². The molecule has 27 heavy (non-hydrogen) atoms. The molecule has 1 aromatic heterocycles. The molecule has 0 radical (unpaired) electrons. The Kier molecular flexibility index (Phi) is 5.16. The maximum atomic E-state index is 12.7. The molecule has 2 unspecified atom stereocenters. The van der Waals surface area contributed by atoms with Crippen LogP contribution in [0.25, 0.3) is 11.4 Å². The van der Waals surface area contributed by atoms with Crippen LogP contribution in [-0.2, 0) is 6.18 Å². The Morgan fingerprint density at radius 2 is 1.96 bits per heavy atom. The van der Waals surface area contributed by atoms with Crippen molar-refractivity contribution in [3.63, 3.8) is 0 Å². The molecule has 1 aliphatic heterocycles. The standard InChI is InChI=1S/C18H20F3N3O2S/c1-5-13(17(4)22-6-7-27-17)25-14-10(2)8-12(9-11(14)3)15-23-16(26-24-15)18(19,20)21/h6-9,13,22H,5H2,1-4H3. The van der Waals surface area contributed by atoms with E-state index in [4.69, 9.17) is 4.74 Å². The fourth-order valence-corrected chi connectivity index (χ4v) is 3.95. The molecule has 3 rings (SSSR count). The van der Waals surface area contributed by atoms with E-state index in [0.717, 1.165) is 17.5 Å². The van der Waals surface area contributed by atoms with Gasteiger partial charge in [-0.05, 0) is 55.9 Å². The Morgan fingerprint density at radius 3 is 2.44 bits per heavy atom. The average Bonchev–Trinajstić information content (AvgIpc) is 3.23. The summed E-state index contributed by atoms with van der Waals surface area (Å²) in [5.41, 5.74) is 2.04. The van der Waals surface area contributed by atoms with Gasteiger partial charge in [0.25, 0.3) is 0 Å². The second-order valence-electron chi connectivity index (χ2n) is 6.55. The number of hydrogen-bond acceptors (Lipinski definition) is 6. The number of ether oxygens (including phenoxy) is 1. The Labute approximate surface area is 159 Å². The third-order valence-corrected chi connectivity index (χ3v) is 5.53. The normalized spacial score (nSPS) is 20.6. The van der Waals surface area contributed by atoms with Crippen LogP contribution in [0, 0.1) is 13.8 Å². The second-order valence-corrected chi connectivity index (χ2v) is 7.90. The first-order chi connectivity index (χ1) is 12.6. The molecule has 2 heterocycles. The summed E-state index contributed by atoms with van der Waals surface area (Å²) in [5.74, 6) is -0.749. The van der Waals surface area contributed by atoms with Crippen molar-refractivity contribution in [1.82, 2.24) is 15.5 Å². The van der Waals surface area contributed by atoms with Gasteiger partial charge in [-0.3, -0.25) is 0 Å². The summed E-state index contributed by atoms with van der Waals surface area (Å²) in [4.78, 5) is 3.17. The number of thioether (sulfide) groups is 1. The van der Waals surface area contributed by atoms with E-state index in [0.29, 0.717) is 11.3 Å². The topological polar surface area (TPSA) is 60.2 Å². The maximum absolute atomic E-state index is 12.7. The summed E-state index contributed by atoms with van der Waals surface area (Å²) in [5, 5.41) is 8.75. The summed E-state index contributed by atoms with van der Waals surface area (Å²) >= 11 is 1.66. The lowest BCUT2D eigenvalue weighted by Crippen LogP contribution is -2.47. The number of aromatic nitrogens is 2. The van der Waals surface area contributed by atoms with E-state index in [1.807, 2.05) is 32.4 Å². The Hall–Kier alpha value is -2.16. The van der Waals surface area contributed by atoms with Crippen molar-refractivity contribution in [3.05, 3.63) is 40.8 Å². The molecule has 0 bridgehead atoms. The minimum absolute atomic E-state index is 0.0947. The fraction of sp³-hybridized carbons (Fsp3) is 0.444. The SMILES string of the molecule is CCC(Oc1c(C)cc(-c2noc(C(F)(F)F)n2)cc1C)C1(C)NC=CS1. The molecular formula is C18H20F3N3O2S. The molecule has 0 amide bonds. The predicted molar refractivity (Wildman–Crippen MR) is 97.2 cm³/mol. The van der Waals surface area contributed by atoms with E-state index in [1.54, 1.807) is 23.9 Å². The predicted octanol–water partition coefficient (Wildman–Crippen LogP) is 5.05. The highest BCUT2D eigenvalue weighted by atomic mass is 32.2. The third-order valence-electron chi connectivity index (χ3n) is 4.38. The van der Waals surface area contributed by atoms with Crippen molar-refractivity contribution in [2.75, 3.05) is 0 Å². The smallest absolute Gasteiger partial charge is 0.471 e. The largest absolute Gasteiger partial charge is 0.487 e. The minimum Gasteiger partial charge on any atom is -0.487 e. The highest BCUT2D eigenvalue weighted by Crippen LogP contribution is 2.38. The molecule has 5 nitrogen and oxygen atoms in total. The molecule has 0 aliphatic carbocycles. The number of halogens is 3. The van der Waals surface area contributed by atoms with Gasteiger partial charge < -0.3 is 14.6 Å². The van der Waals surface area contributed by atoms with Crippen LogP contribution in [0.3, 0.4) is 0 Å². The zero-order valence-electron chi connectivity index (χ0n) is 15.3. The lowest BCUT2D eigenvalue weighted by molar-refractivity contribution is -0.159. The number of benzene rings is 1. The average molecular weight is 399 g/mol. The van der Waals surface area contributed by atoms with Crippen LogP contribution < -0.4 is 10.1 Å². The Morgan fingerprint density at radius 1 is 1.30 bits per heavy atom. The van der Waals surface area contributed by atoms with E-state index < -0.39 is 12.1 Å². The lowest BCUT2D eigenvalue weighted by atomic mass is 10.0. The van der Waals surface area contributed by atoms with E-state index in [2.05, 4.69) is 26.9 Å². The lowest BCUT2D eigenvalue weighted by Gasteiger charge is -2.34. The molecule has 1 N–H and O–H groups in total. The van der Waals surface area contributed by atoms with Crippen LogP contribution in [0.2, 0.25) is 0 Å². The molecule has 0 spiro atoms. The van der Waals surface area contributed by atoms with Crippen molar-refractivity contribution < 1.29 is 22.4 Å². The highest BCUT2D eigenvalue weighted by molar-refractivity contribution is 8.03. The first kappa shape index (κ1) is 19.6. The van der Waals surface area contributed by atoms with Crippen molar-refractivity contribution in [1.29, 1.82) is 0 Å². The molecule has 0 saturated carbocycles. The molecule has 2 aromatic rings. The maximum Gasteiger partial charge on any atom is 0.471 e. The summed E-state index contributed by atoms with van der Waals surface area (Å²) in [6.07, 6.45) is -2.07.